The zero-order chi connectivity index (χ0) is 17.8. The lowest BCUT2D eigenvalue weighted by Crippen LogP contribution is -2.31. The molecule has 7 heteroatoms. The van der Waals surface area contributed by atoms with Gasteiger partial charge in [0.2, 0.25) is 5.88 Å². The molecular weight excluding hydrogens is 318 g/mol. The van der Waals surface area contributed by atoms with Crippen LogP contribution in [0.25, 0.3) is 0 Å². The lowest BCUT2D eigenvalue weighted by atomic mass is 10.1. The molecule has 1 fully saturated rings. The third kappa shape index (κ3) is 3.55. The normalized spacial score (nSPS) is 16.8. The Hall–Kier alpha value is -2.70. The lowest BCUT2D eigenvalue weighted by Gasteiger charge is -2.25. The van der Waals surface area contributed by atoms with Crippen LogP contribution < -0.4 is 10.1 Å². The van der Waals surface area contributed by atoms with E-state index in [0.29, 0.717) is 30.4 Å². The SMILES string of the molecule is CCOc1ncccc1C(=O)N1CCC[C@@H]1c1cc(NC)nc(C)n1. The number of likely N-dealkylation sites (tertiary alicyclic amines) is 1. The van der Waals surface area contributed by atoms with E-state index in [-0.39, 0.29) is 11.9 Å². The van der Waals surface area contributed by atoms with E-state index in [4.69, 9.17) is 4.74 Å². The fourth-order valence-electron chi connectivity index (χ4n) is 3.17. The van der Waals surface area contributed by atoms with Gasteiger partial charge < -0.3 is 15.0 Å². The second-order valence-corrected chi connectivity index (χ2v) is 5.92. The fraction of sp³-hybridized carbons (Fsp3) is 0.444. The van der Waals surface area contributed by atoms with Crippen molar-refractivity contribution in [3.8, 4) is 5.88 Å². The molecule has 1 saturated heterocycles. The molecule has 1 aliphatic rings. The highest BCUT2D eigenvalue weighted by Gasteiger charge is 2.33. The number of amides is 1. The Morgan fingerprint density at radius 2 is 2.28 bits per heavy atom. The van der Waals surface area contributed by atoms with Crippen molar-refractivity contribution in [2.75, 3.05) is 25.5 Å². The standard InChI is InChI=1S/C18H23N5O2/c1-4-25-17-13(7-5-9-20-17)18(24)23-10-6-8-15(23)14-11-16(19-3)22-12(2)21-14/h5,7,9,11,15H,4,6,8,10H2,1-3H3,(H,19,21,22)/t15-/m1/s1. The zero-order valence-electron chi connectivity index (χ0n) is 14.8. The second-order valence-electron chi connectivity index (χ2n) is 5.92. The Morgan fingerprint density at radius 3 is 3.04 bits per heavy atom. The molecule has 0 bridgehead atoms. The van der Waals surface area contributed by atoms with Gasteiger partial charge in [-0.15, -0.1) is 0 Å². The van der Waals surface area contributed by atoms with E-state index in [1.54, 1.807) is 18.3 Å². The first-order chi connectivity index (χ1) is 12.1. The Balaban J connectivity index is 1.92. The van der Waals surface area contributed by atoms with Gasteiger partial charge in [0.1, 0.15) is 17.2 Å². The summed E-state index contributed by atoms with van der Waals surface area (Å²) in [5.74, 6) is 1.77. The molecule has 0 aliphatic carbocycles. The van der Waals surface area contributed by atoms with Crippen LogP contribution in [0.2, 0.25) is 0 Å². The topological polar surface area (TPSA) is 80.2 Å². The molecule has 0 saturated carbocycles. The van der Waals surface area contributed by atoms with Gasteiger partial charge in [0.05, 0.1) is 18.3 Å². The molecule has 7 nitrogen and oxygen atoms in total. The number of hydrogen-bond acceptors (Lipinski definition) is 6. The molecular formula is C18H23N5O2. The highest BCUT2D eigenvalue weighted by molar-refractivity contribution is 5.96. The number of pyridine rings is 1. The van der Waals surface area contributed by atoms with Gasteiger partial charge in [0.15, 0.2) is 0 Å². The minimum atomic E-state index is -0.0682. The number of aromatic nitrogens is 3. The van der Waals surface area contributed by atoms with Crippen LogP contribution in [0.5, 0.6) is 5.88 Å². The molecule has 1 aliphatic heterocycles. The van der Waals surface area contributed by atoms with Gasteiger partial charge in [0.25, 0.3) is 5.91 Å². The van der Waals surface area contributed by atoms with E-state index in [1.165, 1.54) is 0 Å². The van der Waals surface area contributed by atoms with Gasteiger partial charge in [-0.05, 0) is 38.8 Å². The molecule has 3 heterocycles. The quantitative estimate of drug-likeness (QED) is 0.900. The number of anilines is 1. The first kappa shape index (κ1) is 17.1. The number of nitrogens with zero attached hydrogens (tertiary/aromatic N) is 4. The Morgan fingerprint density at radius 1 is 1.44 bits per heavy atom. The summed E-state index contributed by atoms with van der Waals surface area (Å²) in [6.45, 7) is 4.91. The summed E-state index contributed by atoms with van der Waals surface area (Å²) in [5, 5.41) is 3.05. The first-order valence-corrected chi connectivity index (χ1v) is 8.56. The summed E-state index contributed by atoms with van der Waals surface area (Å²) in [4.78, 5) is 28.1. The summed E-state index contributed by atoms with van der Waals surface area (Å²) in [6.07, 6.45) is 3.46. The highest BCUT2D eigenvalue weighted by atomic mass is 16.5. The van der Waals surface area contributed by atoms with Crippen molar-refractivity contribution >= 4 is 11.7 Å². The maximum absolute atomic E-state index is 13.1. The van der Waals surface area contributed by atoms with Gasteiger partial charge in [-0.25, -0.2) is 15.0 Å². The molecule has 1 amide bonds. The molecule has 2 aromatic heterocycles. The van der Waals surface area contributed by atoms with Crippen molar-refractivity contribution in [2.45, 2.75) is 32.7 Å². The molecule has 25 heavy (non-hydrogen) atoms. The maximum Gasteiger partial charge on any atom is 0.259 e. The Bertz CT molecular complexity index is 765. The number of aryl methyl sites for hydroxylation is 1. The van der Waals surface area contributed by atoms with Gasteiger partial charge in [-0.2, -0.15) is 0 Å². The molecule has 1 N–H and O–H groups in total. The molecule has 0 radical (unpaired) electrons. The van der Waals surface area contributed by atoms with Crippen LogP contribution in [-0.2, 0) is 0 Å². The third-order valence-corrected chi connectivity index (χ3v) is 4.25. The smallest absolute Gasteiger partial charge is 0.259 e. The summed E-state index contributed by atoms with van der Waals surface area (Å²) >= 11 is 0. The van der Waals surface area contributed by atoms with Crippen LogP contribution in [0.15, 0.2) is 24.4 Å². The number of hydrogen-bond donors (Lipinski definition) is 1. The zero-order valence-corrected chi connectivity index (χ0v) is 14.8. The van der Waals surface area contributed by atoms with Gasteiger partial charge >= 0.3 is 0 Å². The second kappa shape index (κ2) is 7.46. The van der Waals surface area contributed by atoms with E-state index >= 15 is 0 Å². The van der Waals surface area contributed by atoms with Crippen molar-refractivity contribution in [3.63, 3.8) is 0 Å². The molecule has 132 valence electrons. The fourth-order valence-corrected chi connectivity index (χ4v) is 3.17. The van der Waals surface area contributed by atoms with Crippen LogP contribution in [0.3, 0.4) is 0 Å². The van der Waals surface area contributed by atoms with Gasteiger partial charge in [0, 0.05) is 25.9 Å². The molecule has 3 rings (SSSR count). The summed E-state index contributed by atoms with van der Waals surface area (Å²) in [6, 6.07) is 5.38. The van der Waals surface area contributed by atoms with Crippen LogP contribution in [-0.4, -0.2) is 46.0 Å². The van der Waals surface area contributed by atoms with Crippen molar-refractivity contribution in [2.24, 2.45) is 0 Å². The molecule has 1 atom stereocenters. The largest absolute Gasteiger partial charge is 0.477 e. The van der Waals surface area contributed by atoms with Crippen LogP contribution in [0, 0.1) is 6.92 Å². The predicted molar refractivity (Wildman–Crippen MR) is 94.7 cm³/mol. The van der Waals surface area contributed by atoms with Crippen molar-refractivity contribution in [3.05, 3.63) is 41.5 Å². The monoisotopic (exact) mass is 341 g/mol. The van der Waals surface area contributed by atoms with Crippen LogP contribution >= 0.6 is 0 Å². The van der Waals surface area contributed by atoms with Crippen LogP contribution in [0.4, 0.5) is 5.82 Å². The number of carbonyl (C=O) groups is 1. The van der Waals surface area contributed by atoms with E-state index < -0.39 is 0 Å². The van der Waals surface area contributed by atoms with E-state index in [0.717, 1.165) is 24.4 Å². The lowest BCUT2D eigenvalue weighted by molar-refractivity contribution is 0.0727. The molecule has 0 unspecified atom stereocenters. The van der Waals surface area contributed by atoms with Crippen LogP contribution in [0.1, 0.15) is 47.7 Å². The number of nitrogens with one attached hydrogen (secondary N) is 1. The highest BCUT2D eigenvalue weighted by Crippen LogP contribution is 2.34. The van der Waals surface area contributed by atoms with E-state index in [1.807, 2.05) is 31.9 Å². The molecule has 0 spiro atoms. The average Bonchev–Trinajstić information content (AvgIpc) is 3.11. The Kier molecular flexibility index (Phi) is 5.11. The van der Waals surface area contributed by atoms with Crippen molar-refractivity contribution in [1.82, 2.24) is 19.9 Å². The molecule has 2 aromatic rings. The number of rotatable bonds is 5. The summed E-state index contributed by atoms with van der Waals surface area (Å²) in [5.41, 5.74) is 1.36. The number of carbonyl (C=O) groups excluding carboxylic acids is 1. The summed E-state index contributed by atoms with van der Waals surface area (Å²) in [7, 11) is 1.83. The van der Waals surface area contributed by atoms with Crippen molar-refractivity contribution < 1.29 is 9.53 Å². The minimum Gasteiger partial charge on any atom is -0.477 e. The minimum absolute atomic E-state index is 0.0593. The van der Waals surface area contributed by atoms with Crippen molar-refractivity contribution in [1.29, 1.82) is 0 Å². The third-order valence-electron chi connectivity index (χ3n) is 4.25. The van der Waals surface area contributed by atoms with E-state index in [2.05, 4.69) is 20.3 Å². The number of ether oxygens (including phenoxy) is 1. The van der Waals surface area contributed by atoms with E-state index in [9.17, 15) is 4.79 Å². The molecule has 0 aromatic carbocycles. The van der Waals surface area contributed by atoms with Gasteiger partial charge in [-0.1, -0.05) is 0 Å². The summed E-state index contributed by atoms with van der Waals surface area (Å²) < 4.78 is 5.52. The predicted octanol–water partition coefficient (Wildman–Crippen LogP) is 2.60. The van der Waals surface area contributed by atoms with Gasteiger partial charge in [-0.3, -0.25) is 4.79 Å². The maximum atomic E-state index is 13.1. The average molecular weight is 341 g/mol. The Labute approximate surface area is 147 Å². The first-order valence-electron chi connectivity index (χ1n) is 8.56.